The Balaban J connectivity index is 2.05. The van der Waals surface area contributed by atoms with Gasteiger partial charge in [0.05, 0.1) is 5.69 Å². The lowest BCUT2D eigenvalue weighted by molar-refractivity contribution is -0.144. The van der Waals surface area contributed by atoms with Gasteiger partial charge < -0.3 is 5.11 Å². The van der Waals surface area contributed by atoms with Crippen LogP contribution in [-0.2, 0) is 11.3 Å². The highest BCUT2D eigenvalue weighted by atomic mass is 79.9. The molecule has 2 heterocycles. The van der Waals surface area contributed by atoms with Crippen molar-refractivity contribution in [1.29, 1.82) is 0 Å². The first-order valence-electron chi connectivity index (χ1n) is 5.74. The van der Waals surface area contributed by atoms with E-state index in [1.807, 2.05) is 17.0 Å². The third kappa shape index (κ3) is 3.26. The molecule has 0 bridgehead atoms. The van der Waals surface area contributed by atoms with Gasteiger partial charge in [0.1, 0.15) is 6.04 Å². The van der Waals surface area contributed by atoms with Gasteiger partial charge in [-0.3, -0.25) is 14.7 Å². The smallest absolute Gasteiger partial charge is 0.320 e. The van der Waals surface area contributed by atoms with Crippen LogP contribution in [0.5, 0.6) is 0 Å². The Kier molecular flexibility index (Phi) is 4.12. The number of carbonyl (C=O) groups is 1. The molecule has 0 aliphatic carbocycles. The van der Waals surface area contributed by atoms with Crippen molar-refractivity contribution < 1.29 is 9.90 Å². The number of carboxylic acid groups (broad SMARTS) is 1. The van der Waals surface area contributed by atoms with E-state index in [-0.39, 0.29) is 6.04 Å². The van der Waals surface area contributed by atoms with Gasteiger partial charge in [0.15, 0.2) is 0 Å². The number of halogens is 1. The SMILES string of the molecule is O=C(O)[C@@H]1CCCCN1Cc1ccc(Br)cn1. The Morgan fingerprint density at radius 3 is 3.00 bits per heavy atom. The van der Waals surface area contributed by atoms with Crippen LogP contribution in [0, 0.1) is 0 Å². The molecule has 1 aliphatic heterocycles. The molecule has 0 spiro atoms. The van der Waals surface area contributed by atoms with E-state index < -0.39 is 5.97 Å². The number of hydrogen-bond donors (Lipinski definition) is 1. The third-order valence-electron chi connectivity index (χ3n) is 3.05. The van der Waals surface area contributed by atoms with E-state index in [9.17, 15) is 4.79 Å². The molecule has 1 aromatic rings. The molecule has 1 aromatic heterocycles. The largest absolute Gasteiger partial charge is 0.480 e. The van der Waals surface area contributed by atoms with E-state index in [1.54, 1.807) is 6.20 Å². The molecule has 4 nitrogen and oxygen atoms in total. The van der Waals surface area contributed by atoms with Crippen LogP contribution < -0.4 is 0 Å². The fourth-order valence-electron chi connectivity index (χ4n) is 2.17. The number of hydrogen-bond acceptors (Lipinski definition) is 3. The maximum absolute atomic E-state index is 11.1. The normalized spacial score (nSPS) is 21.4. The van der Waals surface area contributed by atoms with E-state index in [0.717, 1.165) is 36.0 Å². The molecule has 2 rings (SSSR count). The van der Waals surface area contributed by atoms with Gasteiger partial charge in [0, 0.05) is 17.2 Å². The van der Waals surface area contributed by atoms with E-state index in [0.29, 0.717) is 6.54 Å². The topological polar surface area (TPSA) is 53.4 Å². The Labute approximate surface area is 109 Å². The van der Waals surface area contributed by atoms with Gasteiger partial charge in [0.2, 0.25) is 0 Å². The van der Waals surface area contributed by atoms with E-state index in [4.69, 9.17) is 5.11 Å². The molecule has 1 saturated heterocycles. The van der Waals surface area contributed by atoms with Crippen LogP contribution in [0.1, 0.15) is 25.0 Å². The summed E-state index contributed by atoms with van der Waals surface area (Å²) in [6.45, 7) is 1.46. The predicted molar refractivity (Wildman–Crippen MR) is 67.6 cm³/mol. The molecule has 1 N–H and O–H groups in total. The monoisotopic (exact) mass is 298 g/mol. The van der Waals surface area contributed by atoms with Crippen LogP contribution in [0.3, 0.4) is 0 Å². The van der Waals surface area contributed by atoms with Crippen LogP contribution in [0.4, 0.5) is 0 Å². The summed E-state index contributed by atoms with van der Waals surface area (Å²) in [6, 6.07) is 3.51. The number of rotatable bonds is 3. The van der Waals surface area contributed by atoms with Crippen molar-refractivity contribution in [3.63, 3.8) is 0 Å². The summed E-state index contributed by atoms with van der Waals surface area (Å²) < 4.78 is 0.940. The molecule has 1 fully saturated rings. The minimum atomic E-state index is -0.721. The summed E-state index contributed by atoms with van der Waals surface area (Å²) in [7, 11) is 0. The average molecular weight is 299 g/mol. The van der Waals surface area contributed by atoms with Crippen molar-refractivity contribution in [2.75, 3.05) is 6.54 Å². The summed E-state index contributed by atoms with van der Waals surface area (Å²) in [5.41, 5.74) is 0.918. The van der Waals surface area contributed by atoms with Gasteiger partial charge in [-0.2, -0.15) is 0 Å². The summed E-state index contributed by atoms with van der Waals surface area (Å²) >= 11 is 3.34. The number of piperidine rings is 1. The van der Waals surface area contributed by atoms with Gasteiger partial charge in [-0.05, 0) is 47.4 Å². The highest BCUT2D eigenvalue weighted by molar-refractivity contribution is 9.10. The first-order chi connectivity index (χ1) is 8.16. The fraction of sp³-hybridized carbons (Fsp3) is 0.500. The number of aromatic nitrogens is 1. The zero-order chi connectivity index (χ0) is 12.3. The van der Waals surface area contributed by atoms with Crippen molar-refractivity contribution in [3.8, 4) is 0 Å². The Bertz CT molecular complexity index is 394. The Hall–Kier alpha value is -0.940. The standard InChI is InChI=1S/C12H15BrN2O2/c13-9-4-5-10(14-7-9)8-15-6-2-1-3-11(15)12(16)17/h4-5,7,11H,1-3,6,8H2,(H,16,17)/t11-/m0/s1. The van der Waals surface area contributed by atoms with Crippen molar-refractivity contribution >= 4 is 21.9 Å². The molecule has 0 unspecified atom stereocenters. The Morgan fingerprint density at radius 2 is 2.35 bits per heavy atom. The molecule has 17 heavy (non-hydrogen) atoms. The van der Waals surface area contributed by atoms with Crippen LogP contribution in [-0.4, -0.2) is 33.5 Å². The molecule has 5 heteroatoms. The zero-order valence-corrected chi connectivity index (χ0v) is 11.1. The van der Waals surface area contributed by atoms with Crippen molar-refractivity contribution in [3.05, 3.63) is 28.5 Å². The summed E-state index contributed by atoms with van der Waals surface area (Å²) in [5.74, 6) is -0.721. The van der Waals surface area contributed by atoms with Crippen molar-refractivity contribution in [1.82, 2.24) is 9.88 Å². The highest BCUT2D eigenvalue weighted by Gasteiger charge is 2.28. The van der Waals surface area contributed by atoms with Crippen LogP contribution in [0.2, 0.25) is 0 Å². The second-order valence-electron chi connectivity index (χ2n) is 4.29. The summed E-state index contributed by atoms with van der Waals surface area (Å²) in [6.07, 6.45) is 4.56. The van der Waals surface area contributed by atoms with Crippen molar-refractivity contribution in [2.24, 2.45) is 0 Å². The summed E-state index contributed by atoms with van der Waals surface area (Å²) in [4.78, 5) is 17.4. The lowest BCUT2D eigenvalue weighted by Gasteiger charge is -2.32. The lowest BCUT2D eigenvalue weighted by atomic mass is 10.0. The molecule has 0 amide bonds. The second-order valence-corrected chi connectivity index (χ2v) is 5.20. The first-order valence-corrected chi connectivity index (χ1v) is 6.53. The van der Waals surface area contributed by atoms with Crippen molar-refractivity contribution in [2.45, 2.75) is 31.8 Å². The molecule has 0 aromatic carbocycles. The zero-order valence-electron chi connectivity index (χ0n) is 9.47. The van der Waals surface area contributed by atoms with Gasteiger partial charge >= 0.3 is 5.97 Å². The maximum atomic E-state index is 11.1. The summed E-state index contributed by atoms with van der Waals surface area (Å²) in [5, 5.41) is 9.16. The van der Waals surface area contributed by atoms with Gasteiger partial charge in [-0.25, -0.2) is 0 Å². The second kappa shape index (κ2) is 5.60. The third-order valence-corrected chi connectivity index (χ3v) is 3.52. The van der Waals surface area contributed by atoms with Gasteiger partial charge in [-0.15, -0.1) is 0 Å². The van der Waals surface area contributed by atoms with E-state index >= 15 is 0 Å². The van der Waals surface area contributed by atoms with E-state index in [1.165, 1.54) is 0 Å². The predicted octanol–water partition coefficient (Wildman–Crippen LogP) is 2.28. The van der Waals surface area contributed by atoms with Gasteiger partial charge in [0.25, 0.3) is 0 Å². The maximum Gasteiger partial charge on any atom is 0.320 e. The molecular formula is C12H15BrN2O2. The molecule has 1 aliphatic rings. The lowest BCUT2D eigenvalue weighted by Crippen LogP contribution is -2.44. The number of likely N-dealkylation sites (tertiary alicyclic amines) is 1. The molecule has 92 valence electrons. The fourth-order valence-corrected chi connectivity index (χ4v) is 2.40. The molecule has 1 atom stereocenters. The Morgan fingerprint density at radius 1 is 1.53 bits per heavy atom. The molecule has 0 saturated carbocycles. The van der Waals surface area contributed by atoms with Gasteiger partial charge in [-0.1, -0.05) is 6.42 Å². The minimum Gasteiger partial charge on any atom is -0.480 e. The van der Waals surface area contributed by atoms with Crippen LogP contribution >= 0.6 is 15.9 Å². The number of aliphatic carboxylic acids is 1. The molecule has 0 radical (unpaired) electrons. The van der Waals surface area contributed by atoms with E-state index in [2.05, 4.69) is 20.9 Å². The number of carboxylic acids is 1. The van der Waals surface area contributed by atoms with Crippen LogP contribution in [0.15, 0.2) is 22.8 Å². The number of pyridine rings is 1. The quantitative estimate of drug-likeness (QED) is 0.930. The minimum absolute atomic E-state index is 0.353. The number of nitrogens with zero attached hydrogens (tertiary/aromatic N) is 2. The average Bonchev–Trinajstić information content (AvgIpc) is 2.32. The first kappa shape index (κ1) is 12.5. The van der Waals surface area contributed by atoms with Crippen LogP contribution in [0.25, 0.3) is 0 Å². The highest BCUT2D eigenvalue weighted by Crippen LogP contribution is 2.19. The molecular weight excluding hydrogens is 284 g/mol.